The molecule has 0 unspecified atom stereocenters. The number of hydrogen-bond acceptors (Lipinski definition) is 4. The molecule has 0 radical (unpaired) electrons. The molecule has 1 fully saturated rings. The first kappa shape index (κ1) is 16.7. The van der Waals surface area contributed by atoms with Crippen LogP contribution in [0.4, 0.5) is 0 Å². The van der Waals surface area contributed by atoms with Gasteiger partial charge in [-0.1, -0.05) is 38.2 Å². The molecule has 0 aromatic heterocycles. The third kappa shape index (κ3) is 3.97. The molecule has 21 heavy (non-hydrogen) atoms. The summed E-state index contributed by atoms with van der Waals surface area (Å²) in [6.45, 7) is 5.38. The van der Waals surface area contributed by atoms with E-state index < -0.39 is 10.0 Å². The summed E-state index contributed by atoms with van der Waals surface area (Å²) in [6.07, 6.45) is 0.839. The summed E-state index contributed by atoms with van der Waals surface area (Å²) in [5.74, 6) is 0.807. The van der Waals surface area contributed by atoms with Gasteiger partial charge in [0.25, 0.3) is 0 Å². The predicted octanol–water partition coefficient (Wildman–Crippen LogP) is 2.23. The molecule has 2 N–H and O–H groups in total. The van der Waals surface area contributed by atoms with Gasteiger partial charge >= 0.3 is 0 Å². The summed E-state index contributed by atoms with van der Waals surface area (Å²) in [6, 6.07) is 6.56. The Morgan fingerprint density at radius 1 is 1.38 bits per heavy atom. The molecule has 1 aliphatic heterocycles. The third-order valence-corrected chi connectivity index (χ3v) is 7.06. The molecule has 0 atom stereocenters. The number of hydrogen-bond donors (Lipinski definition) is 1. The standard InChI is InChI=1S/C14H20N2O2S3/c1-14(2)6-7-16(8-9-20-14)21(17,18)12-5-3-4-11(10-12)13(15)19/h3-5,10H,6-9H2,1-2H3,(H2,15,19). The van der Waals surface area contributed by atoms with Crippen molar-refractivity contribution in [1.29, 1.82) is 0 Å². The minimum atomic E-state index is -3.49. The molecule has 1 saturated heterocycles. The van der Waals surface area contributed by atoms with E-state index in [1.165, 1.54) is 0 Å². The summed E-state index contributed by atoms with van der Waals surface area (Å²) >= 11 is 6.74. The van der Waals surface area contributed by atoms with Crippen LogP contribution in [0.15, 0.2) is 29.2 Å². The highest BCUT2D eigenvalue weighted by Gasteiger charge is 2.30. The summed E-state index contributed by atoms with van der Waals surface area (Å²) in [5, 5.41) is 0. The second-order valence-corrected chi connectivity index (χ2v) is 9.83. The Balaban J connectivity index is 2.29. The Morgan fingerprint density at radius 2 is 2.10 bits per heavy atom. The lowest BCUT2D eigenvalue weighted by atomic mass is 10.1. The molecular weight excluding hydrogens is 324 g/mol. The van der Waals surface area contributed by atoms with Gasteiger partial charge < -0.3 is 5.73 Å². The van der Waals surface area contributed by atoms with Gasteiger partial charge in [-0.15, -0.1) is 0 Å². The predicted molar refractivity (Wildman–Crippen MR) is 92.2 cm³/mol. The number of nitrogens with zero attached hydrogens (tertiary/aromatic N) is 1. The summed E-state index contributed by atoms with van der Waals surface area (Å²) in [4.78, 5) is 0.470. The molecule has 1 aromatic rings. The zero-order valence-electron chi connectivity index (χ0n) is 12.2. The van der Waals surface area contributed by atoms with Crippen molar-refractivity contribution in [3.05, 3.63) is 29.8 Å². The van der Waals surface area contributed by atoms with Gasteiger partial charge in [-0.25, -0.2) is 8.42 Å². The molecule has 0 aliphatic carbocycles. The number of thioether (sulfide) groups is 1. The van der Waals surface area contributed by atoms with Crippen LogP contribution in [-0.2, 0) is 10.0 Å². The topological polar surface area (TPSA) is 63.4 Å². The van der Waals surface area contributed by atoms with Gasteiger partial charge in [0, 0.05) is 29.2 Å². The lowest BCUT2D eigenvalue weighted by Crippen LogP contribution is -2.33. The summed E-state index contributed by atoms with van der Waals surface area (Å²) < 4.78 is 27.2. The average Bonchev–Trinajstić information content (AvgIpc) is 2.60. The lowest BCUT2D eigenvalue weighted by Gasteiger charge is -2.22. The van der Waals surface area contributed by atoms with E-state index in [0.29, 0.717) is 18.7 Å². The Hall–Kier alpha value is -0.630. The van der Waals surface area contributed by atoms with Crippen LogP contribution in [0, 0.1) is 0 Å². The van der Waals surface area contributed by atoms with Gasteiger partial charge in [-0.2, -0.15) is 16.1 Å². The van der Waals surface area contributed by atoms with Crippen LogP contribution in [0.3, 0.4) is 0 Å². The van der Waals surface area contributed by atoms with Crippen molar-refractivity contribution in [2.45, 2.75) is 29.9 Å². The molecule has 116 valence electrons. The Kier molecular flexibility index (Phi) is 4.97. The largest absolute Gasteiger partial charge is 0.389 e. The molecule has 1 aromatic carbocycles. The maximum absolute atomic E-state index is 12.8. The molecule has 2 rings (SSSR count). The maximum atomic E-state index is 12.8. The van der Waals surface area contributed by atoms with E-state index in [1.54, 1.807) is 28.6 Å². The highest BCUT2D eigenvalue weighted by Crippen LogP contribution is 2.32. The molecule has 1 heterocycles. The van der Waals surface area contributed by atoms with Crippen LogP contribution < -0.4 is 5.73 Å². The molecule has 4 nitrogen and oxygen atoms in total. The second kappa shape index (κ2) is 6.24. The van der Waals surface area contributed by atoms with Crippen molar-refractivity contribution in [2.75, 3.05) is 18.8 Å². The highest BCUT2D eigenvalue weighted by molar-refractivity contribution is 8.00. The number of rotatable bonds is 3. The Bertz CT molecular complexity index is 641. The van der Waals surface area contributed by atoms with E-state index >= 15 is 0 Å². The molecule has 0 bridgehead atoms. The van der Waals surface area contributed by atoms with E-state index in [0.717, 1.165) is 12.2 Å². The van der Waals surface area contributed by atoms with Gasteiger partial charge in [0.15, 0.2) is 0 Å². The molecular formula is C14H20N2O2S3. The smallest absolute Gasteiger partial charge is 0.243 e. The first-order valence-corrected chi connectivity index (χ1v) is 9.60. The summed E-state index contributed by atoms with van der Waals surface area (Å²) in [7, 11) is -3.49. The van der Waals surface area contributed by atoms with E-state index in [9.17, 15) is 8.42 Å². The fourth-order valence-electron chi connectivity index (χ4n) is 2.20. The minimum absolute atomic E-state index is 0.116. The van der Waals surface area contributed by atoms with Crippen molar-refractivity contribution in [3.8, 4) is 0 Å². The van der Waals surface area contributed by atoms with Gasteiger partial charge in [0.05, 0.1) is 4.90 Å². The third-order valence-electron chi connectivity index (χ3n) is 3.55. The van der Waals surface area contributed by atoms with Gasteiger partial charge in [-0.05, 0) is 18.6 Å². The Morgan fingerprint density at radius 3 is 2.76 bits per heavy atom. The van der Waals surface area contributed by atoms with Gasteiger partial charge in [0.1, 0.15) is 4.99 Å². The van der Waals surface area contributed by atoms with Crippen LogP contribution in [0.1, 0.15) is 25.8 Å². The zero-order chi connectivity index (χ0) is 15.7. The van der Waals surface area contributed by atoms with Crippen molar-refractivity contribution in [1.82, 2.24) is 4.31 Å². The fraction of sp³-hybridized carbons (Fsp3) is 0.500. The quantitative estimate of drug-likeness (QED) is 0.852. The van der Waals surface area contributed by atoms with Crippen LogP contribution in [0.5, 0.6) is 0 Å². The molecule has 1 aliphatic rings. The lowest BCUT2D eigenvalue weighted by molar-refractivity contribution is 0.415. The number of sulfonamides is 1. The van der Waals surface area contributed by atoms with Crippen LogP contribution in [0.25, 0.3) is 0 Å². The summed E-state index contributed by atoms with van der Waals surface area (Å²) in [5.41, 5.74) is 6.16. The minimum Gasteiger partial charge on any atom is -0.389 e. The van der Waals surface area contributed by atoms with Crippen molar-refractivity contribution in [2.24, 2.45) is 5.73 Å². The SMILES string of the molecule is CC1(C)CCN(S(=O)(=O)c2cccc(C(N)=S)c2)CCS1. The van der Waals surface area contributed by atoms with Crippen molar-refractivity contribution < 1.29 is 8.42 Å². The average molecular weight is 345 g/mol. The van der Waals surface area contributed by atoms with Gasteiger partial charge in [0.2, 0.25) is 10.0 Å². The molecule has 0 saturated carbocycles. The highest BCUT2D eigenvalue weighted by atomic mass is 32.2. The number of thiocarbonyl (C=S) groups is 1. The number of nitrogens with two attached hydrogens (primary N) is 1. The van der Waals surface area contributed by atoms with E-state index in [1.807, 2.05) is 11.8 Å². The van der Waals surface area contributed by atoms with Crippen molar-refractivity contribution >= 4 is 39.0 Å². The van der Waals surface area contributed by atoms with Gasteiger partial charge in [-0.3, -0.25) is 0 Å². The first-order valence-electron chi connectivity index (χ1n) is 6.76. The van der Waals surface area contributed by atoms with E-state index in [2.05, 4.69) is 13.8 Å². The zero-order valence-corrected chi connectivity index (χ0v) is 14.7. The fourth-order valence-corrected chi connectivity index (χ4v) is 5.03. The number of benzene rings is 1. The van der Waals surface area contributed by atoms with Crippen molar-refractivity contribution in [3.63, 3.8) is 0 Å². The normalized spacial score (nSPS) is 19.9. The first-order chi connectivity index (χ1) is 9.72. The van der Waals surface area contributed by atoms with Crippen LogP contribution >= 0.6 is 24.0 Å². The molecule has 0 amide bonds. The molecule has 0 spiro atoms. The van der Waals surface area contributed by atoms with Crippen LogP contribution in [0.2, 0.25) is 0 Å². The molecule has 7 heteroatoms. The maximum Gasteiger partial charge on any atom is 0.243 e. The van der Waals surface area contributed by atoms with E-state index in [4.69, 9.17) is 18.0 Å². The van der Waals surface area contributed by atoms with Crippen LogP contribution in [-0.4, -0.2) is 41.3 Å². The second-order valence-electron chi connectivity index (χ2n) is 5.65. The van der Waals surface area contributed by atoms with E-state index in [-0.39, 0.29) is 14.6 Å². The Labute approximate surface area is 136 Å². The monoisotopic (exact) mass is 344 g/mol.